The Labute approximate surface area is 135 Å². The van der Waals surface area contributed by atoms with E-state index in [2.05, 4.69) is 33.8 Å². The molecule has 22 heavy (non-hydrogen) atoms. The second-order valence-corrected chi connectivity index (χ2v) is 9.67. The summed E-state index contributed by atoms with van der Waals surface area (Å²) < 4.78 is 6.10. The molecule has 1 heterocycles. The Kier molecular flexibility index (Phi) is 3.18. The van der Waals surface area contributed by atoms with Crippen molar-refractivity contribution in [2.45, 2.75) is 78.4 Å². The quantitative estimate of drug-likeness (QED) is 0.675. The van der Waals surface area contributed by atoms with E-state index in [1.165, 1.54) is 32.1 Å². The maximum Gasteiger partial charge on any atom is 0.0868 e. The third-order valence-electron chi connectivity index (χ3n) is 8.12. The van der Waals surface area contributed by atoms with Crippen LogP contribution in [0.5, 0.6) is 0 Å². The molecule has 6 atom stereocenters. The first-order valence-corrected chi connectivity index (χ1v) is 9.29. The molecule has 0 aromatic heterocycles. The van der Waals surface area contributed by atoms with Gasteiger partial charge >= 0.3 is 0 Å². The Balaban J connectivity index is 1.73. The van der Waals surface area contributed by atoms with Gasteiger partial charge in [-0.25, -0.2) is 0 Å². The smallest absolute Gasteiger partial charge is 0.0868 e. The average molecular weight is 304 g/mol. The summed E-state index contributed by atoms with van der Waals surface area (Å²) >= 11 is 0. The van der Waals surface area contributed by atoms with Crippen molar-refractivity contribution in [3.63, 3.8) is 0 Å². The minimum absolute atomic E-state index is 0.0459. The molecule has 1 saturated heterocycles. The maximum absolute atomic E-state index is 10.4. The Bertz CT molecular complexity index is 508. The highest BCUT2D eigenvalue weighted by Gasteiger charge is 2.60. The number of hydrogen-bond acceptors (Lipinski definition) is 2. The molecular formula is C20H32O2. The van der Waals surface area contributed by atoms with Crippen LogP contribution in [0.3, 0.4) is 0 Å². The molecule has 0 aromatic rings. The van der Waals surface area contributed by atoms with Crippen molar-refractivity contribution >= 4 is 0 Å². The van der Waals surface area contributed by atoms with Gasteiger partial charge in [0, 0.05) is 5.41 Å². The van der Waals surface area contributed by atoms with Crippen LogP contribution in [0.15, 0.2) is 11.6 Å². The molecule has 4 rings (SSSR count). The molecule has 0 bridgehead atoms. The number of allylic oxidation sites excluding steroid dienone is 1. The summed E-state index contributed by atoms with van der Waals surface area (Å²) in [4.78, 5) is 0. The lowest BCUT2D eigenvalue weighted by Gasteiger charge is -2.60. The van der Waals surface area contributed by atoms with E-state index in [-0.39, 0.29) is 17.6 Å². The van der Waals surface area contributed by atoms with Gasteiger partial charge in [0.15, 0.2) is 0 Å². The zero-order chi connectivity index (χ0) is 15.8. The summed E-state index contributed by atoms with van der Waals surface area (Å²) in [7, 11) is 0. The van der Waals surface area contributed by atoms with Gasteiger partial charge in [0.2, 0.25) is 0 Å². The fraction of sp³-hybridized carbons (Fsp3) is 0.900. The first-order valence-electron chi connectivity index (χ1n) is 9.29. The van der Waals surface area contributed by atoms with E-state index >= 15 is 0 Å². The second kappa shape index (κ2) is 4.60. The van der Waals surface area contributed by atoms with Gasteiger partial charge in [0.05, 0.1) is 18.8 Å². The van der Waals surface area contributed by atoms with Crippen molar-refractivity contribution < 1.29 is 9.84 Å². The van der Waals surface area contributed by atoms with Crippen LogP contribution in [0.2, 0.25) is 0 Å². The number of hydrogen-bond donors (Lipinski definition) is 1. The maximum atomic E-state index is 10.4. The van der Waals surface area contributed by atoms with Gasteiger partial charge in [-0.2, -0.15) is 0 Å². The third-order valence-corrected chi connectivity index (χ3v) is 8.12. The normalized spacial score (nSPS) is 53.2. The predicted molar refractivity (Wildman–Crippen MR) is 88.5 cm³/mol. The molecule has 2 saturated carbocycles. The Morgan fingerprint density at radius 1 is 1.09 bits per heavy atom. The number of fused-ring (bicyclic) bond motifs is 5. The zero-order valence-electron chi connectivity index (χ0n) is 14.7. The minimum atomic E-state index is -0.285. The van der Waals surface area contributed by atoms with Gasteiger partial charge in [-0.3, -0.25) is 0 Å². The van der Waals surface area contributed by atoms with E-state index in [0.29, 0.717) is 23.4 Å². The zero-order valence-corrected chi connectivity index (χ0v) is 14.7. The van der Waals surface area contributed by atoms with Gasteiger partial charge in [0.25, 0.3) is 0 Å². The van der Waals surface area contributed by atoms with Gasteiger partial charge < -0.3 is 9.84 Å². The highest BCUT2D eigenvalue weighted by molar-refractivity contribution is 5.29. The summed E-state index contributed by atoms with van der Waals surface area (Å²) in [5.74, 6) is 1.48. The summed E-state index contributed by atoms with van der Waals surface area (Å²) in [6.07, 6.45) is 10.1. The molecule has 0 unspecified atom stereocenters. The monoisotopic (exact) mass is 304 g/mol. The van der Waals surface area contributed by atoms with Crippen molar-refractivity contribution in [3.05, 3.63) is 11.6 Å². The highest BCUT2D eigenvalue weighted by atomic mass is 16.5. The third kappa shape index (κ3) is 1.80. The van der Waals surface area contributed by atoms with Crippen LogP contribution in [0.25, 0.3) is 0 Å². The Morgan fingerprint density at radius 3 is 2.64 bits per heavy atom. The van der Waals surface area contributed by atoms with Gasteiger partial charge in [0.1, 0.15) is 0 Å². The SMILES string of the molecule is CC1(C)CCC[C@@]2(C)[C@@H]3CC[C@@]4(C)[C@@H](O)CO[C@H]4C3=CC[C@H]12. The van der Waals surface area contributed by atoms with E-state index in [9.17, 15) is 5.11 Å². The number of aliphatic hydroxyl groups is 1. The molecule has 0 aromatic carbocycles. The van der Waals surface area contributed by atoms with Gasteiger partial charge in [-0.1, -0.05) is 40.2 Å². The molecule has 1 aliphatic heterocycles. The lowest BCUT2D eigenvalue weighted by molar-refractivity contribution is -0.0729. The van der Waals surface area contributed by atoms with Crippen molar-refractivity contribution in [1.29, 1.82) is 0 Å². The number of ether oxygens (including phenoxy) is 1. The first kappa shape index (κ1) is 15.2. The predicted octanol–water partition coefficient (Wildman–Crippen LogP) is 4.33. The lowest BCUT2D eigenvalue weighted by atomic mass is 9.45. The van der Waals surface area contributed by atoms with Crippen LogP contribution >= 0.6 is 0 Å². The number of aliphatic hydroxyl groups excluding tert-OH is 1. The van der Waals surface area contributed by atoms with Crippen LogP contribution < -0.4 is 0 Å². The summed E-state index contributed by atoms with van der Waals surface area (Å²) in [5, 5.41) is 10.4. The minimum Gasteiger partial charge on any atom is -0.390 e. The van der Waals surface area contributed by atoms with Crippen molar-refractivity contribution in [1.82, 2.24) is 0 Å². The van der Waals surface area contributed by atoms with E-state index in [1.807, 2.05) is 0 Å². The molecule has 124 valence electrons. The molecule has 3 fully saturated rings. The van der Waals surface area contributed by atoms with Crippen LogP contribution in [-0.2, 0) is 4.74 Å². The first-order chi connectivity index (χ1) is 10.3. The standard InChI is InChI=1S/C20H32O2/c1-18(2)9-5-10-19(3)14-8-11-20(4)16(21)12-22-17(20)13(14)6-7-15(18)19/h6,14-17,21H,5,7-12H2,1-4H3/t14-,15-,16+,17+,19+,20+/m1/s1. The Hall–Kier alpha value is -0.340. The molecular weight excluding hydrogens is 272 g/mol. The van der Waals surface area contributed by atoms with Gasteiger partial charge in [-0.15, -0.1) is 0 Å². The van der Waals surface area contributed by atoms with E-state index in [1.54, 1.807) is 5.57 Å². The fourth-order valence-electron chi connectivity index (χ4n) is 6.71. The molecule has 3 aliphatic carbocycles. The van der Waals surface area contributed by atoms with Crippen molar-refractivity contribution in [2.24, 2.45) is 28.1 Å². The molecule has 4 aliphatic rings. The second-order valence-electron chi connectivity index (χ2n) is 9.67. The van der Waals surface area contributed by atoms with E-state index in [0.717, 1.165) is 12.3 Å². The molecule has 2 nitrogen and oxygen atoms in total. The van der Waals surface area contributed by atoms with Crippen LogP contribution in [0.4, 0.5) is 0 Å². The summed E-state index contributed by atoms with van der Waals surface area (Å²) in [6, 6.07) is 0. The highest BCUT2D eigenvalue weighted by Crippen LogP contribution is 2.64. The van der Waals surface area contributed by atoms with Crippen LogP contribution in [-0.4, -0.2) is 23.9 Å². The Morgan fingerprint density at radius 2 is 1.86 bits per heavy atom. The summed E-state index contributed by atoms with van der Waals surface area (Å²) in [6.45, 7) is 10.3. The van der Waals surface area contributed by atoms with E-state index in [4.69, 9.17) is 4.74 Å². The van der Waals surface area contributed by atoms with Crippen molar-refractivity contribution in [3.8, 4) is 0 Å². The number of rotatable bonds is 0. The molecule has 1 N–H and O–H groups in total. The lowest BCUT2D eigenvalue weighted by Crippen LogP contribution is -2.54. The fourth-order valence-corrected chi connectivity index (χ4v) is 6.71. The molecule has 0 radical (unpaired) electrons. The largest absolute Gasteiger partial charge is 0.390 e. The van der Waals surface area contributed by atoms with E-state index < -0.39 is 0 Å². The van der Waals surface area contributed by atoms with Crippen LogP contribution in [0, 0.1) is 28.1 Å². The van der Waals surface area contributed by atoms with Crippen molar-refractivity contribution in [2.75, 3.05) is 6.61 Å². The molecule has 2 heteroatoms. The molecule has 0 amide bonds. The average Bonchev–Trinajstić information content (AvgIpc) is 2.74. The van der Waals surface area contributed by atoms with Gasteiger partial charge in [-0.05, 0) is 60.3 Å². The van der Waals surface area contributed by atoms with Crippen LogP contribution in [0.1, 0.15) is 66.2 Å². The topological polar surface area (TPSA) is 29.5 Å². The summed E-state index contributed by atoms with van der Waals surface area (Å²) in [5.41, 5.74) is 2.40. The molecule has 0 spiro atoms.